The van der Waals surface area contributed by atoms with Gasteiger partial charge in [0.25, 0.3) is 0 Å². The van der Waals surface area contributed by atoms with Gasteiger partial charge < -0.3 is 4.90 Å². The van der Waals surface area contributed by atoms with E-state index >= 15 is 0 Å². The highest BCUT2D eigenvalue weighted by Crippen LogP contribution is 2.57. The zero-order valence-corrected chi connectivity index (χ0v) is 8.52. The minimum Gasteiger partial charge on any atom is -0.308 e. The number of amides is 1. The van der Waals surface area contributed by atoms with Crippen molar-refractivity contribution in [1.29, 1.82) is 0 Å². The van der Waals surface area contributed by atoms with Gasteiger partial charge in [-0.05, 0) is 30.4 Å². The van der Waals surface area contributed by atoms with E-state index in [9.17, 15) is 4.79 Å². The van der Waals surface area contributed by atoms with Crippen molar-refractivity contribution in [2.24, 2.45) is 5.92 Å². The van der Waals surface area contributed by atoms with E-state index in [1.165, 1.54) is 17.7 Å². The molecule has 4 rings (SSSR count). The Kier molecular flexibility index (Phi) is 1.28. The molecule has 3 aliphatic rings. The quantitative estimate of drug-likeness (QED) is 0.627. The van der Waals surface area contributed by atoms with Gasteiger partial charge in [0, 0.05) is 24.1 Å². The molecule has 2 heteroatoms. The van der Waals surface area contributed by atoms with Gasteiger partial charge in [0.05, 0.1) is 0 Å². The summed E-state index contributed by atoms with van der Waals surface area (Å²) in [5.74, 6) is 1.77. The van der Waals surface area contributed by atoms with E-state index in [1.807, 2.05) is 6.07 Å². The molecule has 1 saturated heterocycles. The van der Waals surface area contributed by atoms with Crippen LogP contribution in [0.4, 0.5) is 5.69 Å². The van der Waals surface area contributed by atoms with Crippen LogP contribution in [0.2, 0.25) is 0 Å². The first-order chi connectivity index (χ1) is 7.36. The van der Waals surface area contributed by atoms with E-state index in [4.69, 9.17) is 0 Å². The molecule has 0 radical (unpaired) electrons. The van der Waals surface area contributed by atoms with Gasteiger partial charge >= 0.3 is 0 Å². The van der Waals surface area contributed by atoms with Crippen LogP contribution in [-0.2, 0) is 4.79 Å². The van der Waals surface area contributed by atoms with Crippen molar-refractivity contribution in [2.75, 3.05) is 4.90 Å². The van der Waals surface area contributed by atoms with Gasteiger partial charge in [0.1, 0.15) is 0 Å². The SMILES string of the molecule is O=C1CC[C@H]2C[C@H]3c4ccccc4N1[C@@H]23. The van der Waals surface area contributed by atoms with E-state index in [1.54, 1.807) is 0 Å². The number of carbonyl (C=O) groups is 1. The highest BCUT2D eigenvalue weighted by Gasteiger charge is 2.54. The van der Waals surface area contributed by atoms with E-state index in [2.05, 4.69) is 23.1 Å². The standard InChI is InChI=1S/C13H13NO/c15-12-6-5-8-7-10-9-3-1-2-4-11(9)14(12)13(8)10/h1-4,8,10,13H,5-7H2/t8-,10-,13-/m0/s1. The molecule has 2 heterocycles. The van der Waals surface area contributed by atoms with Crippen molar-refractivity contribution < 1.29 is 4.79 Å². The summed E-state index contributed by atoms with van der Waals surface area (Å²) in [5.41, 5.74) is 2.61. The van der Waals surface area contributed by atoms with Gasteiger partial charge in [0.2, 0.25) is 5.91 Å². The fourth-order valence-electron chi connectivity index (χ4n) is 3.64. The Morgan fingerprint density at radius 1 is 1.27 bits per heavy atom. The molecule has 1 amide bonds. The third-order valence-electron chi connectivity index (χ3n) is 4.34. The maximum atomic E-state index is 11.9. The van der Waals surface area contributed by atoms with E-state index in [0.29, 0.717) is 17.9 Å². The molecule has 1 aromatic carbocycles. The fourth-order valence-corrected chi connectivity index (χ4v) is 3.64. The first-order valence-corrected chi connectivity index (χ1v) is 5.77. The van der Waals surface area contributed by atoms with E-state index in [0.717, 1.165) is 18.8 Å². The van der Waals surface area contributed by atoms with Crippen molar-refractivity contribution in [1.82, 2.24) is 0 Å². The average Bonchev–Trinajstić information content (AvgIpc) is 2.51. The zero-order valence-electron chi connectivity index (χ0n) is 8.52. The number of hydrogen-bond acceptors (Lipinski definition) is 1. The highest BCUT2D eigenvalue weighted by atomic mass is 16.2. The molecule has 0 bridgehead atoms. The first-order valence-electron chi connectivity index (χ1n) is 5.77. The summed E-state index contributed by atoms with van der Waals surface area (Å²) in [4.78, 5) is 14.0. The predicted molar refractivity (Wildman–Crippen MR) is 57.8 cm³/mol. The lowest BCUT2D eigenvalue weighted by Gasteiger charge is -2.47. The number of fused-ring (bicyclic) bond motifs is 3. The molecule has 0 aromatic heterocycles. The normalized spacial score (nSPS) is 35.9. The van der Waals surface area contributed by atoms with Gasteiger partial charge in [-0.25, -0.2) is 0 Å². The molecule has 0 spiro atoms. The van der Waals surface area contributed by atoms with Crippen LogP contribution in [0.1, 0.15) is 30.7 Å². The minimum atomic E-state index is 0.339. The van der Waals surface area contributed by atoms with Crippen molar-refractivity contribution in [3.63, 3.8) is 0 Å². The van der Waals surface area contributed by atoms with Crippen molar-refractivity contribution >= 4 is 11.6 Å². The molecule has 15 heavy (non-hydrogen) atoms. The van der Waals surface area contributed by atoms with E-state index < -0.39 is 0 Å². The highest BCUT2D eigenvalue weighted by molar-refractivity contribution is 5.98. The largest absolute Gasteiger partial charge is 0.308 e. The van der Waals surface area contributed by atoms with Crippen LogP contribution in [0.25, 0.3) is 0 Å². The number of nitrogens with zero attached hydrogens (tertiary/aromatic N) is 1. The topological polar surface area (TPSA) is 20.3 Å². The van der Waals surface area contributed by atoms with E-state index in [-0.39, 0.29) is 0 Å². The van der Waals surface area contributed by atoms with Crippen LogP contribution in [0.3, 0.4) is 0 Å². The van der Waals surface area contributed by atoms with Crippen LogP contribution >= 0.6 is 0 Å². The number of anilines is 1. The van der Waals surface area contributed by atoms with Crippen LogP contribution in [-0.4, -0.2) is 11.9 Å². The predicted octanol–water partition coefficient (Wildman–Crippen LogP) is 2.30. The smallest absolute Gasteiger partial charge is 0.227 e. The van der Waals surface area contributed by atoms with Gasteiger partial charge in [-0.1, -0.05) is 18.2 Å². The molecular formula is C13H13NO. The van der Waals surface area contributed by atoms with Gasteiger partial charge in [-0.15, -0.1) is 0 Å². The molecule has 2 nitrogen and oxygen atoms in total. The van der Waals surface area contributed by atoms with Crippen molar-refractivity contribution in [2.45, 2.75) is 31.2 Å². The molecular weight excluding hydrogens is 186 g/mol. The van der Waals surface area contributed by atoms with Crippen LogP contribution in [0.15, 0.2) is 24.3 Å². The Balaban J connectivity index is 1.91. The second-order valence-electron chi connectivity index (χ2n) is 4.95. The first kappa shape index (κ1) is 7.91. The van der Waals surface area contributed by atoms with Crippen molar-refractivity contribution in [3.05, 3.63) is 29.8 Å². The number of piperidine rings is 1. The Hall–Kier alpha value is -1.31. The number of para-hydroxylation sites is 1. The fraction of sp³-hybridized carbons (Fsp3) is 0.462. The van der Waals surface area contributed by atoms with Gasteiger partial charge in [0.15, 0.2) is 0 Å². The summed E-state index contributed by atoms with van der Waals surface area (Å²) in [7, 11) is 0. The van der Waals surface area contributed by atoms with Crippen LogP contribution < -0.4 is 4.90 Å². The van der Waals surface area contributed by atoms with Gasteiger partial charge in [-0.2, -0.15) is 0 Å². The molecule has 1 aliphatic carbocycles. The lowest BCUT2D eigenvalue weighted by molar-refractivity contribution is -0.122. The lowest BCUT2D eigenvalue weighted by Crippen LogP contribution is -2.54. The second-order valence-corrected chi connectivity index (χ2v) is 4.95. The number of benzene rings is 1. The summed E-state index contributed by atoms with van der Waals surface area (Å²) in [6.07, 6.45) is 3.16. The average molecular weight is 199 g/mol. The van der Waals surface area contributed by atoms with Crippen molar-refractivity contribution in [3.8, 4) is 0 Å². The summed E-state index contributed by atoms with van der Waals surface area (Å²) in [5, 5.41) is 0. The number of carbonyl (C=O) groups excluding carboxylic acids is 1. The molecule has 2 fully saturated rings. The summed E-state index contributed by atoms with van der Waals surface area (Å²) >= 11 is 0. The molecule has 76 valence electrons. The maximum absolute atomic E-state index is 11.9. The Morgan fingerprint density at radius 3 is 3.07 bits per heavy atom. The molecule has 3 atom stereocenters. The summed E-state index contributed by atoms with van der Waals surface area (Å²) < 4.78 is 0. The van der Waals surface area contributed by atoms with Crippen LogP contribution in [0.5, 0.6) is 0 Å². The van der Waals surface area contributed by atoms with Gasteiger partial charge in [-0.3, -0.25) is 4.79 Å². The summed E-state index contributed by atoms with van der Waals surface area (Å²) in [6, 6.07) is 8.95. The molecule has 2 aliphatic heterocycles. The molecule has 0 N–H and O–H groups in total. The molecule has 1 aromatic rings. The Morgan fingerprint density at radius 2 is 2.13 bits per heavy atom. The summed E-state index contributed by atoms with van der Waals surface area (Å²) in [6.45, 7) is 0. The lowest BCUT2D eigenvalue weighted by atomic mass is 9.65. The van der Waals surface area contributed by atoms with Crippen LogP contribution in [0, 0.1) is 5.92 Å². The minimum absolute atomic E-state index is 0.339. The monoisotopic (exact) mass is 199 g/mol. The Bertz CT molecular complexity index is 454. The zero-order chi connectivity index (χ0) is 9.99. The second kappa shape index (κ2) is 2.43. The molecule has 0 unspecified atom stereocenters. The number of hydrogen-bond donors (Lipinski definition) is 0. The number of rotatable bonds is 0. The molecule has 1 saturated carbocycles. The third kappa shape index (κ3) is 0.796. The maximum Gasteiger partial charge on any atom is 0.227 e. The third-order valence-corrected chi connectivity index (χ3v) is 4.34. The Labute approximate surface area is 88.9 Å².